The van der Waals surface area contributed by atoms with E-state index in [2.05, 4.69) is 22.5 Å². The maximum atomic E-state index is 10.4. The summed E-state index contributed by atoms with van der Waals surface area (Å²) in [4.78, 5) is 5.49. The number of rotatable bonds is 5. The molecule has 0 saturated carbocycles. The number of aliphatic hydroxyl groups excluding tert-OH is 1. The van der Waals surface area contributed by atoms with Gasteiger partial charge in [-0.05, 0) is 30.0 Å². The molecule has 0 fully saturated rings. The number of hydrogen-bond donors (Lipinski definition) is 1. The van der Waals surface area contributed by atoms with Gasteiger partial charge in [-0.25, -0.2) is 4.98 Å². The van der Waals surface area contributed by atoms with Crippen molar-refractivity contribution >= 4 is 34.0 Å². The minimum absolute atomic E-state index is 0.481. The summed E-state index contributed by atoms with van der Waals surface area (Å²) in [5.41, 5.74) is 2.10. The number of nitrogens with zero attached hydrogens (tertiary/aromatic N) is 2. The monoisotopic (exact) mass is 320 g/mol. The Morgan fingerprint density at radius 3 is 2.86 bits per heavy atom. The second-order valence-electron chi connectivity index (χ2n) is 5.02. The van der Waals surface area contributed by atoms with Gasteiger partial charge >= 0.3 is 0 Å². The normalized spacial score (nSPS) is 12.9. The molecular weight excluding hydrogens is 304 g/mol. The van der Waals surface area contributed by atoms with Crippen molar-refractivity contribution in [1.29, 1.82) is 0 Å². The minimum atomic E-state index is -0.607. The quantitative estimate of drug-likeness (QED) is 0.755. The maximum Gasteiger partial charge on any atom is 0.112 e. The van der Waals surface area contributed by atoms with Crippen molar-refractivity contribution in [3.05, 3.63) is 51.4 Å². The number of aryl methyl sites for hydroxylation is 1. The number of imidazole rings is 1. The van der Waals surface area contributed by atoms with Crippen molar-refractivity contribution in [1.82, 2.24) is 9.55 Å². The van der Waals surface area contributed by atoms with Crippen LogP contribution in [0.25, 0.3) is 11.0 Å². The van der Waals surface area contributed by atoms with Crippen LogP contribution in [0.1, 0.15) is 30.2 Å². The van der Waals surface area contributed by atoms with Crippen LogP contribution in [0, 0.1) is 0 Å². The lowest BCUT2D eigenvalue weighted by atomic mass is 10.2. The first kappa shape index (κ1) is 14.6. The first-order valence-corrected chi connectivity index (χ1v) is 8.31. The van der Waals surface area contributed by atoms with Crippen LogP contribution >= 0.6 is 22.9 Å². The average molecular weight is 321 g/mol. The lowest BCUT2D eigenvalue weighted by Gasteiger charge is -2.11. The van der Waals surface area contributed by atoms with Crippen molar-refractivity contribution in [2.24, 2.45) is 0 Å². The SMILES string of the molecule is CCCn1c(CC(O)c2sccc2Cl)nc2ccccc21. The summed E-state index contributed by atoms with van der Waals surface area (Å²) >= 11 is 7.59. The van der Waals surface area contributed by atoms with E-state index in [4.69, 9.17) is 11.6 Å². The fraction of sp³-hybridized carbons (Fsp3) is 0.312. The zero-order valence-corrected chi connectivity index (χ0v) is 13.4. The summed E-state index contributed by atoms with van der Waals surface area (Å²) in [6.45, 7) is 3.05. The lowest BCUT2D eigenvalue weighted by molar-refractivity contribution is 0.178. The Morgan fingerprint density at radius 1 is 1.33 bits per heavy atom. The molecule has 2 heterocycles. The van der Waals surface area contributed by atoms with Gasteiger partial charge in [-0.15, -0.1) is 11.3 Å². The zero-order chi connectivity index (χ0) is 14.8. The molecule has 1 aromatic carbocycles. The van der Waals surface area contributed by atoms with Crippen molar-refractivity contribution < 1.29 is 5.11 Å². The molecule has 1 N–H and O–H groups in total. The van der Waals surface area contributed by atoms with E-state index in [-0.39, 0.29) is 0 Å². The number of halogens is 1. The van der Waals surface area contributed by atoms with Gasteiger partial charge in [0.15, 0.2) is 0 Å². The van der Waals surface area contributed by atoms with Gasteiger partial charge in [0.05, 0.1) is 27.0 Å². The Kier molecular flexibility index (Phi) is 4.29. The molecule has 0 aliphatic carbocycles. The van der Waals surface area contributed by atoms with E-state index in [0.29, 0.717) is 11.4 Å². The molecule has 1 unspecified atom stereocenters. The standard InChI is InChI=1S/C16H17ClN2OS/c1-2-8-19-13-6-4-3-5-12(13)18-15(19)10-14(20)16-11(17)7-9-21-16/h3-7,9,14,20H,2,8,10H2,1H3. The molecule has 2 aromatic heterocycles. The molecule has 0 amide bonds. The Labute approximate surface area is 132 Å². The molecule has 3 nitrogen and oxygen atoms in total. The largest absolute Gasteiger partial charge is 0.387 e. The Balaban J connectivity index is 1.96. The van der Waals surface area contributed by atoms with E-state index >= 15 is 0 Å². The van der Waals surface area contributed by atoms with E-state index < -0.39 is 6.10 Å². The first-order chi connectivity index (χ1) is 10.2. The van der Waals surface area contributed by atoms with E-state index in [9.17, 15) is 5.11 Å². The summed E-state index contributed by atoms with van der Waals surface area (Å²) in [6.07, 6.45) is 0.905. The summed E-state index contributed by atoms with van der Waals surface area (Å²) in [5, 5.41) is 13.0. The highest BCUT2D eigenvalue weighted by Crippen LogP contribution is 2.31. The van der Waals surface area contributed by atoms with Gasteiger partial charge in [0, 0.05) is 13.0 Å². The Bertz CT molecular complexity index is 750. The molecule has 0 aliphatic rings. The van der Waals surface area contributed by atoms with Gasteiger partial charge in [0.25, 0.3) is 0 Å². The third-order valence-electron chi connectivity index (χ3n) is 3.50. The molecule has 0 bridgehead atoms. The molecule has 3 rings (SSSR count). The van der Waals surface area contributed by atoms with Crippen LogP contribution in [0.5, 0.6) is 0 Å². The fourth-order valence-corrected chi connectivity index (χ4v) is 3.73. The first-order valence-electron chi connectivity index (χ1n) is 7.05. The summed E-state index contributed by atoms with van der Waals surface area (Å²) in [5.74, 6) is 0.912. The molecule has 0 radical (unpaired) electrons. The van der Waals surface area contributed by atoms with Gasteiger partial charge in [0.2, 0.25) is 0 Å². The molecule has 110 valence electrons. The topological polar surface area (TPSA) is 38.0 Å². The van der Waals surface area contributed by atoms with E-state index in [1.165, 1.54) is 11.3 Å². The van der Waals surface area contributed by atoms with Crippen LogP contribution in [-0.4, -0.2) is 14.7 Å². The molecule has 3 aromatic rings. The Morgan fingerprint density at radius 2 is 2.14 bits per heavy atom. The van der Waals surface area contributed by atoms with Crippen LogP contribution in [0.15, 0.2) is 35.7 Å². The zero-order valence-electron chi connectivity index (χ0n) is 11.8. The lowest BCUT2D eigenvalue weighted by Crippen LogP contribution is -2.08. The van der Waals surface area contributed by atoms with Gasteiger partial charge in [-0.3, -0.25) is 0 Å². The molecule has 0 saturated heterocycles. The van der Waals surface area contributed by atoms with Crippen molar-refractivity contribution in [2.75, 3.05) is 0 Å². The second-order valence-corrected chi connectivity index (χ2v) is 6.38. The number of benzene rings is 1. The molecule has 0 spiro atoms. The van der Waals surface area contributed by atoms with Crippen LogP contribution in [-0.2, 0) is 13.0 Å². The van der Waals surface area contributed by atoms with Gasteiger partial charge in [0.1, 0.15) is 5.82 Å². The summed E-state index contributed by atoms with van der Waals surface area (Å²) in [6, 6.07) is 9.91. The fourth-order valence-electron chi connectivity index (χ4n) is 2.56. The highest BCUT2D eigenvalue weighted by Gasteiger charge is 2.18. The molecular formula is C16H17ClN2OS. The predicted molar refractivity (Wildman–Crippen MR) is 88.0 cm³/mol. The third kappa shape index (κ3) is 2.84. The van der Waals surface area contributed by atoms with E-state index in [0.717, 1.165) is 34.7 Å². The van der Waals surface area contributed by atoms with Crippen LogP contribution < -0.4 is 0 Å². The maximum absolute atomic E-state index is 10.4. The molecule has 5 heteroatoms. The minimum Gasteiger partial charge on any atom is -0.387 e. The van der Waals surface area contributed by atoms with Gasteiger partial charge in [-0.2, -0.15) is 0 Å². The van der Waals surface area contributed by atoms with E-state index in [1.807, 2.05) is 29.6 Å². The summed E-state index contributed by atoms with van der Waals surface area (Å²) in [7, 11) is 0. The summed E-state index contributed by atoms with van der Waals surface area (Å²) < 4.78 is 2.19. The van der Waals surface area contributed by atoms with Crippen LogP contribution in [0.3, 0.4) is 0 Å². The van der Waals surface area contributed by atoms with Crippen molar-refractivity contribution in [3.63, 3.8) is 0 Å². The average Bonchev–Trinajstić information content (AvgIpc) is 3.04. The van der Waals surface area contributed by atoms with Crippen molar-refractivity contribution in [2.45, 2.75) is 32.4 Å². The molecule has 0 aliphatic heterocycles. The van der Waals surface area contributed by atoms with Crippen LogP contribution in [0.4, 0.5) is 0 Å². The Hall–Kier alpha value is -1.36. The predicted octanol–water partition coefficient (Wildman–Crippen LogP) is 4.44. The van der Waals surface area contributed by atoms with E-state index in [1.54, 1.807) is 0 Å². The number of aliphatic hydroxyl groups is 1. The third-order valence-corrected chi connectivity index (χ3v) is 4.96. The van der Waals surface area contributed by atoms with Crippen LogP contribution in [0.2, 0.25) is 5.02 Å². The van der Waals surface area contributed by atoms with Gasteiger partial charge < -0.3 is 9.67 Å². The molecule has 21 heavy (non-hydrogen) atoms. The number of hydrogen-bond acceptors (Lipinski definition) is 3. The number of aromatic nitrogens is 2. The number of thiophene rings is 1. The van der Waals surface area contributed by atoms with Crippen molar-refractivity contribution in [3.8, 4) is 0 Å². The smallest absolute Gasteiger partial charge is 0.112 e. The molecule has 1 atom stereocenters. The van der Waals surface area contributed by atoms with Gasteiger partial charge in [-0.1, -0.05) is 30.7 Å². The number of fused-ring (bicyclic) bond motifs is 1. The highest BCUT2D eigenvalue weighted by molar-refractivity contribution is 7.10. The number of para-hydroxylation sites is 2. The highest BCUT2D eigenvalue weighted by atomic mass is 35.5. The second kappa shape index (κ2) is 6.18.